The Labute approximate surface area is 109 Å². The summed E-state index contributed by atoms with van der Waals surface area (Å²) >= 11 is 0. The quantitative estimate of drug-likeness (QED) is 0.686. The van der Waals surface area contributed by atoms with Crippen molar-refractivity contribution < 1.29 is 20.1 Å². The number of hydrogen-bond acceptors (Lipinski definition) is 4. The van der Waals surface area contributed by atoms with Gasteiger partial charge in [-0.15, -0.1) is 0 Å². The van der Waals surface area contributed by atoms with Gasteiger partial charge in [0.1, 0.15) is 12.4 Å². The number of aromatic hydroxyl groups is 3. The van der Waals surface area contributed by atoms with Crippen LogP contribution < -0.4 is 4.74 Å². The average molecular weight is 256 g/mol. The van der Waals surface area contributed by atoms with Crippen molar-refractivity contribution in [1.82, 2.24) is 0 Å². The second kappa shape index (κ2) is 4.24. The summed E-state index contributed by atoms with van der Waals surface area (Å²) in [5.41, 5.74) is 2.45. The molecule has 0 aromatic heterocycles. The summed E-state index contributed by atoms with van der Waals surface area (Å²) in [7, 11) is 0. The van der Waals surface area contributed by atoms with Crippen molar-refractivity contribution in [2.45, 2.75) is 0 Å². The smallest absolute Gasteiger partial charge is 0.201 e. The van der Waals surface area contributed by atoms with E-state index in [1.54, 1.807) is 24.3 Å². The molecule has 0 aliphatic carbocycles. The Bertz CT molecular complexity index is 674. The molecule has 3 rings (SSSR count). The predicted octanol–water partition coefficient (Wildman–Crippen LogP) is 2.74. The molecule has 4 nitrogen and oxygen atoms in total. The Balaban J connectivity index is 2.07. The Hall–Kier alpha value is -2.62. The summed E-state index contributed by atoms with van der Waals surface area (Å²) in [6.45, 7) is 0.271. The van der Waals surface area contributed by atoms with Gasteiger partial charge in [0.2, 0.25) is 5.75 Å². The number of benzene rings is 2. The third-order valence-electron chi connectivity index (χ3n) is 3.06. The van der Waals surface area contributed by atoms with Crippen LogP contribution >= 0.6 is 0 Å². The minimum Gasteiger partial charge on any atom is -0.508 e. The van der Waals surface area contributed by atoms with Gasteiger partial charge < -0.3 is 20.1 Å². The van der Waals surface area contributed by atoms with E-state index in [9.17, 15) is 15.3 Å². The molecular formula is C15H12O4. The topological polar surface area (TPSA) is 69.9 Å². The summed E-state index contributed by atoms with van der Waals surface area (Å²) < 4.78 is 5.48. The molecular weight excluding hydrogens is 244 g/mol. The summed E-state index contributed by atoms with van der Waals surface area (Å²) in [5.74, 6) is 0.0262. The van der Waals surface area contributed by atoms with Crippen molar-refractivity contribution in [2.24, 2.45) is 0 Å². The summed E-state index contributed by atoms with van der Waals surface area (Å²) in [4.78, 5) is 0. The van der Waals surface area contributed by atoms with Crippen LogP contribution in [0.5, 0.6) is 23.0 Å². The molecule has 1 aliphatic rings. The molecule has 2 aromatic carbocycles. The Morgan fingerprint density at radius 1 is 1.00 bits per heavy atom. The maximum atomic E-state index is 9.70. The van der Waals surface area contributed by atoms with E-state index in [1.165, 1.54) is 6.07 Å². The van der Waals surface area contributed by atoms with Gasteiger partial charge >= 0.3 is 0 Å². The molecule has 2 aromatic rings. The van der Waals surface area contributed by atoms with E-state index in [1.807, 2.05) is 12.1 Å². The van der Waals surface area contributed by atoms with Crippen molar-refractivity contribution in [2.75, 3.05) is 6.61 Å². The highest BCUT2D eigenvalue weighted by molar-refractivity contribution is 5.87. The fourth-order valence-electron chi connectivity index (χ4n) is 2.09. The number of phenolic OH excluding ortho intramolecular Hbond substituents is 3. The average Bonchev–Trinajstić information content (AvgIpc) is 2.43. The fraction of sp³-hybridized carbons (Fsp3) is 0.0667. The van der Waals surface area contributed by atoms with Crippen LogP contribution in [0.3, 0.4) is 0 Å². The highest BCUT2D eigenvalue weighted by Crippen LogP contribution is 2.42. The van der Waals surface area contributed by atoms with Crippen LogP contribution in [0.4, 0.5) is 0 Å². The van der Waals surface area contributed by atoms with Crippen LogP contribution in [0.1, 0.15) is 11.1 Å². The molecule has 0 saturated heterocycles. The first-order chi connectivity index (χ1) is 9.15. The molecule has 0 fully saturated rings. The lowest BCUT2D eigenvalue weighted by Gasteiger charge is -2.19. The van der Waals surface area contributed by atoms with E-state index in [2.05, 4.69) is 0 Å². The Morgan fingerprint density at radius 3 is 2.63 bits per heavy atom. The van der Waals surface area contributed by atoms with Crippen LogP contribution in [-0.2, 0) is 0 Å². The SMILES string of the molecule is Oc1cccc(C2=Cc3ccc(O)c(O)c3OC2)c1. The van der Waals surface area contributed by atoms with Gasteiger partial charge in [0.05, 0.1) is 0 Å². The molecule has 1 heterocycles. The van der Waals surface area contributed by atoms with E-state index in [4.69, 9.17) is 4.74 Å². The largest absolute Gasteiger partial charge is 0.508 e. The lowest BCUT2D eigenvalue weighted by atomic mass is 10.0. The van der Waals surface area contributed by atoms with Crippen LogP contribution in [0.15, 0.2) is 36.4 Å². The highest BCUT2D eigenvalue weighted by Gasteiger charge is 2.18. The van der Waals surface area contributed by atoms with Crippen molar-refractivity contribution >= 4 is 11.6 Å². The Morgan fingerprint density at radius 2 is 1.84 bits per heavy atom. The van der Waals surface area contributed by atoms with Gasteiger partial charge in [-0.3, -0.25) is 0 Å². The van der Waals surface area contributed by atoms with Crippen LogP contribution in [0.25, 0.3) is 11.6 Å². The number of ether oxygens (including phenoxy) is 1. The van der Waals surface area contributed by atoms with Crippen LogP contribution in [-0.4, -0.2) is 21.9 Å². The third-order valence-corrected chi connectivity index (χ3v) is 3.06. The van der Waals surface area contributed by atoms with E-state index < -0.39 is 0 Å². The minimum absolute atomic E-state index is 0.192. The van der Waals surface area contributed by atoms with Gasteiger partial charge in [-0.05, 0) is 41.5 Å². The fourth-order valence-corrected chi connectivity index (χ4v) is 2.09. The molecule has 19 heavy (non-hydrogen) atoms. The monoisotopic (exact) mass is 256 g/mol. The van der Waals surface area contributed by atoms with E-state index in [-0.39, 0.29) is 29.6 Å². The van der Waals surface area contributed by atoms with E-state index >= 15 is 0 Å². The van der Waals surface area contributed by atoms with Gasteiger partial charge in [0, 0.05) is 5.56 Å². The zero-order chi connectivity index (χ0) is 13.4. The lowest BCUT2D eigenvalue weighted by molar-refractivity contribution is 0.325. The minimum atomic E-state index is -0.247. The first-order valence-electron chi connectivity index (χ1n) is 5.83. The van der Waals surface area contributed by atoms with Gasteiger partial charge in [-0.25, -0.2) is 0 Å². The van der Waals surface area contributed by atoms with Crippen molar-refractivity contribution in [3.8, 4) is 23.0 Å². The summed E-state index contributed by atoms with van der Waals surface area (Å²) in [6.07, 6.45) is 1.87. The molecule has 0 bridgehead atoms. The zero-order valence-electron chi connectivity index (χ0n) is 10.00. The summed E-state index contributed by atoms with van der Waals surface area (Å²) in [5, 5.41) is 28.6. The third kappa shape index (κ3) is 1.97. The van der Waals surface area contributed by atoms with E-state index in [0.29, 0.717) is 5.56 Å². The number of rotatable bonds is 1. The first kappa shape index (κ1) is 11.5. The molecule has 0 radical (unpaired) electrons. The molecule has 0 spiro atoms. The van der Waals surface area contributed by atoms with Gasteiger partial charge in [0.15, 0.2) is 11.5 Å². The predicted molar refractivity (Wildman–Crippen MR) is 71.2 cm³/mol. The van der Waals surface area contributed by atoms with Crippen molar-refractivity contribution in [1.29, 1.82) is 0 Å². The summed E-state index contributed by atoms with van der Waals surface area (Å²) in [6, 6.07) is 9.98. The van der Waals surface area contributed by atoms with Crippen LogP contribution in [0.2, 0.25) is 0 Å². The second-order valence-corrected chi connectivity index (χ2v) is 4.36. The van der Waals surface area contributed by atoms with E-state index in [0.717, 1.165) is 11.1 Å². The number of phenols is 3. The van der Waals surface area contributed by atoms with Gasteiger partial charge in [-0.1, -0.05) is 12.1 Å². The molecule has 1 aliphatic heterocycles. The van der Waals surface area contributed by atoms with Crippen molar-refractivity contribution in [3.63, 3.8) is 0 Å². The van der Waals surface area contributed by atoms with Gasteiger partial charge in [0.25, 0.3) is 0 Å². The van der Waals surface area contributed by atoms with Crippen LogP contribution in [0, 0.1) is 0 Å². The maximum absolute atomic E-state index is 9.70. The molecule has 0 saturated carbocycles. The molecule has 0 unspecified atom stereocenters. The molecule has 3 N–H and O–H groups in total. The molecule has 4 heteroatoms. The number of hydrogen-bond donors (Lipinski definition) is 3. The van der Waals surface area contributed by atoms with Crippen molar-refractivity contribution in [3.05, 3.63) is 47.5 Å². The highest BCUT2D eigenvalue weighted by atomic mass is 16.5. The molecule has 96 valence electrons. The normalized spacial score (nSPS) is 13.4. The molecule has 0 atom stereocenters. The standard InChI is InChI=1S/C15H12O4/c16-12-3-1-2-9(7-12)11-6-10-4-5-13(17)14(18)15(10)19-8-11/h1-7,16-18H,8H2. The lowest BCUT2D eigenvalue weighted by Crippen LogP contribution is -2.06. The van der Waals surface area contributed by atoms with Gasteiger partial charge in [-0.2, -0.15) is 0 Å². The molecule has 0 amide bonds. The maximum Gasteiger partial charge on any atom is 0.201 e. The second-order valence-electron chi connectivity index (χ2n) is 4.36. The Kier molecular flexibility index (Phi) is 2.56. The number of fused-ring (bicyclic) bond motifs is 1. The first-order valence-corrected chi connectivity index (χ1v) is 5.83. The zero-order valence-corrected chi connectivity index (χ0v) is 10.00.